The molecule has 0 atom stereocenters. The molecule has 0 unspecified atom stereocenters. The molecule has 0 radical (unpaired) electrons. The van der Waals surface area contributed by atoms with Crippen LogP contribution in [0.5, 0.6) is 5.75 Å². The van der Waals surface area contributed by atoms with Crippen molar-refractivity contribution in [2.75, 3.05) is 27.2 Å². The molecule has 14 heavy (non-hydrogen) atoms. The van der Waals surface area contributed by atoms with Crippen LogP contribution in [0.4, 0.5) is 0 Å². The van der Waals surface area contributed by atoms with Crippen molar-refractivity contribution >= 4 is 12.4 Å². The van der Waals surface area contributed by atoms with Gasteiger partial charge in [-0.2, -0.15) is 0 Å². The molecule has 0 aliphatic rings. The average Bonchev–Trinajstić information content (AvgIpc) is 2.03. The lowest BCUT2D eigenvalue weighted by molar-refractivity contribution is 0.261. The first-order chi connectivity index (χ1) is 6.18. The highest BCUT2D eigenvalue weighted by molar-refractivity contribution is 5.85. The summed E-state index contributed by atoms with van der Waals surface area (Å²) in [6, 6.07) is 8.12. The molecule has 0 amide bonds. The van der Waals surface area contributed by atoms with Gasteiger partial charge in [-0.25, -0.2) is 0 Å². The largest absolute Gasteiger partial charge is 0.492 e. The summed E-state index contributed by atoms with van der Waals surface area (Å²) in [7, 11) is 4.08. The van der Waals surface area contributed by atoms with E-state index >= 15 is 0 Å². The van der Waals surface area contributed by atoms with Crippen LogP contribution in [0.25, 0.3) is 0 Å². The first-order valence-electron chi connectivity index (χ1n) is 4.52. The first kappa shape index (κ1) is 13.3. The molecule has 0 saturated carbocycles. The van der Waals surface area contributed by atoms with Crippen LogP contribution in [0, 0.1) is 6.92 Å². The minimum absolute atomic E-state index is 0. The highest BCUT2D eigenvalue weighted by atomic mass is 35.5. The Kier molecular flexibility index (Phi) is 6.34. The lowest BCUT2D eigenvalue weighted by atomic mass is 10.2. The van der Waals surface area contributed by atoms with Crippen LogP contribution in [0.1, 0.15) is 5.56 Å². The lowest BCUT2D eigenvalue weighted by Gasteiger charge is -2.10. The maximum Gasteiger partial charge on any atom is 0.119 e. The molecule has 80 valence electrons. The quantitative estimate of drug-likeness (QED) is 0.765. The van der Waals surface area contributed by atoms with Gasteiger partial charge in [-0.05, 0) is 38.7 Å². The fraction of sp³-hybridized carbons (Fsp3) is 0.455. The molecular weight excluding hydrogens is 198 g/mol. The standard InChI is InChI=1S/C11H17NO.ClH/c1-10-5-4-6-11(9-10)13-8-7-12(2)3;/h4-6,9H,7-8H2,1-3H3;1H. The van der Waals surface area contributed by atoms with Crippen LogP contribution < -0.4 is 4.74 Å². The fourth-order valence-corrected chi connectivity index (χ4v) is 1.05. The summed E-state index contributed by atoms with van der Waals surface area (Å²) in [4.78, 5) is 2.11. The first-order valence-corrected chi connectivity index (χ1v) is 4.52. The van der Waals surface area contributed by atoms with Gasteiger partial charge in [-0.1, -0.05) is 12.1 Å². The third-order valence-corrected chi connectivity index (χ3v) is 1.80. The second kappa shape index (κ2) is 6.68. The van der Waals surface area contributed by atoms with Gasteiger partial charge in [-0.3, -0.25) is 0 Å². The Balaban J connectivity index is 0.00000169. The zero-order valence-corrected chi connectivity index (χ0v) is 9.80. The second-order valence-electron chi connectivity index (χ2n) is 3.47. The molecule has 0 aliphatic heterocycles. The Labute approximate surface area is 92.3 Å². The summed E-state index contributed by atoms with van der Waals surface area (Å²) in [5.41, 5.74) is 1.24. The number of nitrogens with zero attached hydrogens (tertiary/aromatic N) is 1. The third-order valence-electron chi connectivity index (χ3n) is 1.80. The normalized spacial score (nSPS) is 9.71. The van der Waals surface area contributed by atoms with Crippen molar-refractivity contribution in [2.24, 2.45) is 0 Å². The fourth-order valence-electron chi connectivity index (χ4n) is 1.05. The van der Waals surface area contributed by atoms with E-state index in [0.29, 0.717) is 0 Å². The molecule has 3 heteroatoms. The Hall–Kier alpha value is -0.730. The van der Waals surface area contributed by atoms with Gasteiger partial charge in [-0.15, -0.1) is 12.4 Å². The predicted octanol–water partition coefficient (Wildman–Crippen LogP) is 2.36. The average molecular weight is 216 g/mol. The number of aryl methyl sites for hydroxylation is 1. The molecular formula is C11H18ClNO. The molecule has 0 aromatic heterocycles. The molecule has 1 aromatic rings. The molecule has 0 saturated heterocycles. The molecule has 0 aliphatic carbocycles. The smallest absolute Gasteiger partial charge is 0.119 e. The predicted molar refractivity (Wildman–Crippen MR) is 62.5 cm³/mol. The van der Waals surface area contributed by atoms with E-state index in [4.69, 9.17) is 4.74 Å². The van der Waals surface area contributed by atoms with E-state index in [-0.39, 0.29) is 12.4 Å². The SMILES string of the molecule is Cc1cccc(OCCN(C)C)c1.Cl. The summed E-state index contributed by atoms with van der Waals surface area (Å²) in [6.45, 7) is 3.77. The van der Waals surface area contributed by atoms with Crippen LogP contribution >= 0.6 is 12.4 Å². The van der Waals surface area contributed by atoms with Crippen LogP contribution in [-0.2, 0) is 0 Å². The van der Waals surface area contributed by atoms with Crippen LogP contribution in [-0.4, -0.2) is 32.1 Å². The molecule has 0 heterocycles. The summed E-state index contributed by atoms with van der Waals surface area (Å²) >= 11 is 0. The lowest BCUT2D eigenvalue weighted by Crippen LogP contribution is -2.19. The van der Waals surface area contributed by atoms with E-state index in [2.05, 4.69) is 24.0 Å². The number of ether oxygens (including phenoxy) is 1. The van der Waals surface area contributed by atoms with Gasteiger partial charge in [0, 0.05) is 6.54 Å². The van der Waals surface area contributed by atoms with Crippen molar-refractivity contribution in [3.8, 4) is 5.75 Å². The van der Waals surface area contributed by atoms with E-state index in [9.17, 15) is 0 Å². The minimum atomic E-state index is 0. The van der Waals surface area contributed by atoms with Crippen molar-refractivity contribution in [2.45, 2.75) is 6.92 Å². The van der Waals surface area contributed by atoms with Gasteiger partial charge in [0.2, 0.25) is 0 Å². The van der Waals surface area contributed by atoms with Crippen molar-refractivity contribution < 1.29 is 4.74 Å². The molecule has 2 nitrogen and oxygen atoms in total. The number of likely N-dealkylation sites (N-methyl/N-ethyl adjacent to an activating group) is 1. The number of benzene rings is 1. The minimum Gasteiger partial charge on any atom is -0.492 e. The Morgan fingerprint density at radius 2 is 2.00 bits per heavy atom. The maximum atomic E-state index is 5.56. The van der Waals surface area contributed by atoms with Gasteiger partial charge >= 0.3 is 0 Å². The van der Waals surface area contributed by atoms with E-state index < -0.39 is 0 Å². The number of hydrogen-bond donors (Lipinski definition) is 0. The zero-order valence-electron chi connectivity index (χ0n) is 8.99. The third kappa shape index (κ3) is 5.10. The molecule has 0 N–H and O–H groups in total. The molecule has 0 bridgehead atoms. The van der Waals surface area contributed by atoms with Gasteiger partial charge < -0.3 is 9.64 Å². The van der Waals surface area contributed by atoms with Crippen LogP contribution in [0.3, 0.4) is 0 Å². The number of rotatable bonds is 4. The topological polar surface area (TPSA) is 12.5 Å². The zero-order chi connectivity index (χ0) is 9.68. The van der Waals surface area contributed by atoms with E-state index in [1.807, 2.05) is 26.2 Å². The number of halogens is 1. The van der Waals surface area contributed by atoms with Crippen molar-refractivity contribution in [1.82, 2.24) is 4.90 Å². The van der Waals surface area contributed by atoms with Crippen molar-refractivity contribution in [1.29, 1.82) is 0 Å². The van der Waals surface area contributed by atoms with Crippen molar-refractivity contribution in [3.63, 3.8) is 0 Å². The maximum absolute atomic E-state index is 5.56. The Morgan fingerprint density at radius 1 is 1.29 bits per heavy atom. The van der Waals surface area contributed by atoms with Crippen LogP contribution in [0.15, 0.2) is 24.3 Å². The number of hydrogen-bond acceptors (Lipinski definition) is 2. The van der Waals surface area contributed by atoms with E-state index in [0.717, 1.165) is 18.9 Å². The van der Waals surface area contributed by atoms with Crippen molar-refractivity contribution in [3.05, 3.63) is 29.8 Å². The van der Waals surface area contributed by atoms with E-state index in [1.165, 1.54) is 5.56 Å². The Morgan fingerprint density at radius 3 is 2.57 bits per heavy atom. The summed E-state index contributed by atoms with van der Waals surface area (Å²) in [5, 5.41) is 0. The van der Waals surface area contributed by atoms with Crippen LogP contribution in [0.2, 0.25) is 0 Å². The van der Waals surface area contributed by atoms with Gasteiger partial charge in [0.05, 0.1) is 0 Å². The summed E-state index contributed by atoms with van der Waals surface area (Å²) in [6.07, 6.45) is 0. The summed E-state index contributed by atoms with van der Waals surface area (Å²) < 4.78 is 5.56. The molecule has 0 spiro atoms. The molecule has 0 fully saturated rings. The summed E-state index contributed by atoms with van der Waals surface area (Å²) in [5.74, 6) is 0.960. The monoisotopic (exact) mass is 215 g/mol. The van der Waals surface area contributed by atoms with Gasteiger partial charge in [0.25, 0.3) is 0 Å². The Bertz CT molecular complexity index is 263. The molecule has 1 rings (SSSR count). The van der Waals surface area contributed by atoms with Gasteiger partial charge in [0.1, 0.15) is 12.4 Å². The highest BCUT2D eigenvalue weighted by Gasteiger charge is 1.94. The second-order valence-corrected chi connectivity index (χ2v) is 3.47. The highest BCUT2D eigenvalue weighted by Crippen LogP contribution is 2.11. The van der Waals surface area contributed by atoms with E-state index in [1.54, 1.807) is 0 Å². The van der Waals surface area contributed by atoms with Gasteiger partial charge in [0.15, 0.2) is 0 Å². The molecule has 1 aromatic carbocycles.